The predicted octanol–water partition coefficient (Wildman–Crippen LogP) is 5.31. The predicted molar refractivity (Wildman–Crippen MR) is 79.5 cm³/mol. The number of hydrogen-bond acceptors (Lipinski definition) is 1. The summed E-state index contributed by atoms with van der Waals surface area (Å²) >= 11 is 0. The van der Waals surface area contributed by atoms with E-state index in [2.05, 4.69) is 51.4 Å². The number of allylic oxidation sites excluding steroid dienone is 4. The van der Waals surface area contributed by atoms with Gasteiger partial charge in [-0.15, -0.1) is 6.58 Å². The Morgan fingerprint density at radius 3 is 2.18 bits per heavy atom. The Morgan fingerprint density at radius 2 is 1.82 bits per heavy atom. The molecule has 0 aliphatic heterocycles. The molecule has 0 radical (unpaired) electrons. The first-order valence-corrected chi connectivity index (χ1v) is 6.43. The van der Waals surface area contributed by atoms with Gasteiger partial charge in [0, 0.05) is 11.1 Å². The SMILES string of the molecule is C=CC(C)(C=C/C(N=C(C)C)=C(/C)CC)CC. The average Bonchev–Trinajstić information content (AvgIpc) is 2.32. The fourth-order valence-electron chi connectivity index (χ4n) is 1.30. The smallest absolute Gasteiger partial charge is 0.0615 e. The van der Waals surface area contributed by atoms with Crippen molar-refractivity contribution < 1.29 is 0 Å². The number of rotatable bonds is 6. The molecule has 1 unspecified atom stereocenters. The van der Waals surface area contributed by atoms with Gasteiger partial charge in [0.15, 0.2) is 0 Å². The van der Waals surface area contributed by atoms with Crippen LogP contribution < -0.4 is 0 Å². The summed E-state index contributed by atoms with van der Waals surface area (Å²) in [5.74, 6) is 0. The van der Waals surface area contributed by atoms with Crippen molar-refractivity contribution in [2.24, 2.45) is 10.4 Å². The second-order valence-corrected chi connectivity index (χ2v) is 4.97. The summed E-state index contributed by atoms with van der Waals surface area (Å²) < 4.78 is 0. The van der Waals surface area contributed by atoms with Crippen molar-refractivity contribution in [2.45, 2.75) is 54.4 Å². The van der Waals surface area contributed by atoms with Gasteiger partial charge in [-0.1, -0.05) is 32.9 Å². The van der Waals surface area contributed by atoms with Crippen molar-refractivity contribution in [1.29, 1.82) is 0 Å². The lowest BCUT2D eigenvalue weighted by Gasteiger charge is -2.18. The molecule has 0 aliphatic carbocycles. The molecular formula is C16H27N. The van der Waals surface area contributed by atoms with Crippen LogP contribution in [0.4, 0.5) is 0 Å². The lowest BCUT2D eigenvalue weighted by Crippen LogP contribution is -2.06. The lowest BCUT2D eigenvalue weighted by atomic mass is 9.87. The van der Waals surface area contributed by atoms with Crippen LogP contribution in [0.5, 0.6) is 0 Å². The molecule has 96 valence electrons. The second kappa shape index (κ2) is 7.26. The van der Waals surface area contributed by atoms with Crippen LogP contribution in [0, 0.1) is 5.41 Å². The van der Waals surface area contributed by atoms with Gasteiger partial charge in [-0.05, 0) is 45.3 Å². The molecule has 0 heterocycles. The van der Waals surface area contributed by atoms with E-state index in [1.54, 1.807) is 0 Å². The summed E-state index contributed by atoms with van der Waals surface area (Å²) in [4.78, 5) is 4.59. The van der Waals surface area contributed by atoms with Gasteiger partial charge in [-0.25, -0.2) is 0 Å². The average molecular weight is 233 g/mol. The van der Waals surface area contributed by atoms with E-state index in [0.717, 1.165) is 24.3 Å². The third-order valence-corrected chi connectivity index (χ3v) is 3.16. The summed E-state index contributed by atoms with van der Waals surface area (Å²) in [6.45, 7) is 16.6. The molecule has 0 amide bonds. The molecule has 0 aromatic rings. The van der Waals surface area contributed by atoms with Crippen LogP contribution >= 0.6 is 0 Å². The van der Waals surface area contributed by atoms with Gasteiger partial charge in [0.25, 0.3) is 0 Å². The molecule has 1 atom stereocenters. The van der Waals surface area contributed by atoms with Crippen LogP contribution in [0.15, 0.2) is 41.1 Å². The maximum absolute atomic E-state index is 4.59. The third-order valence-electron chi connectivity index (χ3n) is 3.16. The van der Waals surface area contributed by atoms with Gasteiger partial charge in [0.05, 0.1) is 5.70 Å². The molecule has 0 rings (SSSR count). The standard InChI is InChI=1S/C16H27N/c1-8-14(6)15(17-13(4)5)11-12-16(7,9-2)10-3/h9,11-12H,2,8,10H2,1,3-7H3/b12-11?,15-14+. The largest absolute Gasteiger partial charge is 0.259 e. The van der Waals surface area contributed by atoms with Crippen LogP contribution in [0.1, 0.15) is 54.4 Å². The van der Waals surface area contributed by atoms with E-state index in [-0.39, 0.29) is 5.41 Å². The first-order chi connectivity index (χ1) is 7.88. The van der Waals surface area contributed by atoms with E-state index in [0.29, 0.717) is 0 Å². The Balaban J connectivity index is 5.22. The lowest BCUT2D eigenvalue weighted by molar-refractivity contribution is 0.531. The van der Waals surface area contributed by atoms with Gasteiger partial charge in [0.1, 0.15) is 0 Å². The summed E-state index contributed by atoms with van der Waals surface area (Å²) in [7, 11) is 0. The highest BCUT2D eigenvalue weighted by Crippen LogP contribution is 2.25. The van der Waals surface area contributed by atoms with E-state index in [1.165, 1.54) is 5.57 Å². The molecule has 1 heteroatoms. The minimum absolute atomic E-state index is 0.0659. The maximum Gasteiger partial charge on any atom is 0.0615 e. The van der Waals surface area contributed by atoms with Gasteiger partial charge in [-0.2, -0.15) is 0 Å². The molecule has 0 N–H and O–H groups in total. The zero-order valence-corrected chi connectivity index (χ0v) is 12.3. The number of hydrogen-bond donors (Lipinski definition) is 0. The van der Waals surface area contributed by atoms with Crippen molar-refractivity contribution in [3.63, 3.8) is 0 Å². The molecular weight excluding hydrogens is 206 g/mol. The van der Waals surface area contributed by atoms with Crippen LogP contribution in [0.3, 0.4) is 0 Å². The topological polar surface area (TPSA) is 12.4 Å². The summed E-state index contributed by atoms with van der Waals surface area (Å²) in [5, 5.41) is 0. The van der Waals surface area contributed by atoms with Crippen LogP contribution in [-0.2, 0) is 0 Å². The Labute approximate surface area is 107 Å². The highest BCUT2D eigenvalue weighted by Gasteiger charge is 2.12. The highest BCUT2D eigenvalue weighted by molar-refractivity contribution is 5.80. The van der Waals surface area contributed by atoms with Crippen molar-refractivity contribution in [1.82, 2.24) is 0 Å². The molecule has 0 saturated carbocycles. The molecule has 0 aromatic heterocycles. The monoisotopic (exact) mass is 233 g/mol. The zero-order chi connectivity index (χ0) is 13.5. The molecule has 0 aliphatic rings. The Morgan fingerprint density at radius 1 is 1.24 bits per heavy atom. The quantitative estimate of drug-likeness (QED) is 0.335. The molecule has 0 aromatic carbocycles. The number of aliphatic imine (C=N–C) groups is 1. The minimum Gasteiger partial charge on any atom is -0.259 e. The Hall–Kier alpha value is -1.11. The maximum atomic E-state index is 4.59. The fourth-order valence-corrected chi connectivity index (χ4v) is 1.30. The van der Waals surface area contributed by atoms with Gasteiger partial charge in [-0.3, -0.25) is 4.99 Å². The van der Waals surface area contributed by atoms with E-state index >= 15 is 0 Å². The highest BCUT2D eigenvalue weighted by atomic mass is 14.7. The molecule has 0 fully saturated rings. The first kappa shape index (κ1) is 15.9. The third kappa shape index (κ3) is 5.67. The van der Waals surface area contributed by atoms with E-state index < -0.39 is 0 Å². The summed E-state index contributed by atoms with van der Waals surface area (Å²) in [5.41, 5.74) is 3.57. The van der Waals surface area contributed by atoms with E-state index in [1.807, 2.05) is 19.9 Å². The normalized spacial score (nSPS) is 16.4. The summed E-state index contributed by atoms with van der Waals surface area (Å²) in [6.07, 6.45) is 8.44. The van der Waals surface area contributed by atoms with Gasteiger partial charge < -0.3 is 0 Å². The molecule has 0 bridgehead atoms. The first-order valence-electron chi connectivity index (χ1n) is 6.43. The zero-order valence-electron chi connectivity index (χ0n) is 12.3. The molecule has 0 saturated heterocycles. The van der Waals surface area contributed by atoms with Crippen LogP contribution in [0.25, 0.3) is 0 Å². The van der Waals surface area contributed by atoms with Gasteiger partial charge >= 0.3 is 0 Å². The molecule has 1 nitrogen and oxygen atoms in total. The number of nitrogens with zero attached hydrogens (tertiary/aromatic N) is 1. The van der Waals surface area contributed by atoms with E-state index in [4.69, 9.17) is 0 Å². The Kier molecular flexibility index (Phi) is 6.79. The van der Waals surface area contributed by atoms with Crippen LogP contribution in [0.2, 0.25) is 0 Å². The second-order valence-electron chi connectivity index (χ2n) is 4.97. The molecule has 0 spiro atoms. The van der Waals surface area contributed by atoms with Crippen molar-refractivity contribution in [3.05, 3.63) is 36.1 Å². The van der Waals surface area contributed by atoms with Crippen LogP contribution in [-0.4, -0.2) is 5.71 Å². The van der Waals surface area contributed by atoms with E-state index in [9.17, 15) is 0 Å². The van der Waals surface area contributed by atoms with Crippen molar-refractivity contribution in [2.75, 3.05) is 0 Å². The van der Waals surface area contributed by atoms with Gasteiger partial charge in [0.2, 0.25) is 0 Å². The van der Waals surface area contributed by atoms with Crippen molar-refractivity contribution in [3.8, 4) is 0 Å². The van der Waals surface area contributed by atoms with Crippen molar-refractivity contribution >= 4 is 5.71 Å². The minimum atomic E-state index is 0.0659. The summed E-state index contributed by atoms with van der Waals surface area (Å²) in [6, 6.07) is 0. The Bertz CT molecular complexity index is 341. The molecule has 17 heavy (non-hydrogen) atoms. The fraction of sp³-hybridized carbons (Fsp3) is 0.562.